The van der Waals surface area contributed by atoms with Crippen LogP contribution in [-0.2, 0) is 6.54 Å². The summed E-state index contributed by atoms with van der Waals surface area (Å²) < 4.78 is 39.4. The average Bonchev–Trinajstić information content (AvgIpc) is 3.36. The summed E-state index contributed by atoms with van der Waals surface area (Å²) in [6, 6.07) is 34.8. The van der Waals surface area contributed by atoms with Gasteiger partial charge < -0.3 is 23.8 Å². The molecule has 0 bridgehead atoms. The summed E-state index contributed by atoms with van der Waals surface area (Å²) in [7, 11) is 6.28. The van der Waals surface area contributed by atoms with Crippen molar-refractivity contribution in [2.24, 2.45) is 0 Å². The molecule has 4 heterocycles. The molecule has 3 aromatic carbocycles. The number of pyridine rings is 4. The lowest BCUT2D eigenvalue weighted by atomic mass is 10.1. The molecule has 2 amide bonds. The van der Waals surface area contributed by atoms with Gasteiger partial charge in [0.2, 0.25) is 0 Å². The number of fused-ring (bicyclic) bond motifs is 1. The summed E-state index contributed by atoms with van der Waals surface area (Å²) in [6.45, 7) is 1.36. The van der Waals surface area contributed by atoms with Crippen molar-refractivity contribution >= 4 is 22.6 Å². The van der Waals surface area contributed by atoms with E-state index in [4.69, 9.17) is 9.47 Å². The van der Waals surface area contributed by atoms with Gasteiger partial charge in [-0.15, -0.1) is 0 Å². The first-order chi connectivity index (χ1) is 32.6. The fourth-order valence-corrected chi connectivity index (χ4v) is 6.15. The molecule has 0 N–H and O–H groups in total. The van der Waals surface area contributed by atoms with Crippen molar-refractivity contribution in [3.8, 4) is 47.0 Å². The Morgan fingerprint density at radius 2 is 1.01 bits per heavy atom. The molecule has 13 heteroatoms. The molecule has 0 aliphatic carbocycles. The van der Waals surface area contributed by atoms with E-state index in [1.165, 1.54) is 32.2 Å². The van der Waals surface area contributed by atoms with Crippen molar-refractivity contribution in [3.05, 3.63) is 196 Å². The topological polar surface area (TPSA) is 120 Å². The highest BCUT2D eigenvalue weighted by Crippen LogP contribution is 2.29. The lowest BCUT2D eigenvalue weighted by molar-refractivity contribution is 0.0781. The Bertz CT molecular complexity index is 2950. The smallest absolute Gasteiger partial charge is 0.261 e. The molecule has 11 nitrogen and oxygen atoms in total. The summed E-state index contributed by atoms with van der Waals surface area (Å²) in [5.41, 5.74) is 2.02. The number of hydrogen-bond donors (Lipinski definition) is 0. The summed E-state index contributed by atoms with van der Waals surface area (Å²) in [6.07, 6.45) is 8.44. The molecular weight excluding hydrogens is 851 g/mol. The number of carbonyl (C=O) groups excluding carboxylic acids is 2. The van der Waals surface area contributed by atoms with Gasteiger partial charge in [-0.1, -0.05) is 66.3 Å². The largest absolute Gasteiger partial charge is 0.496 e. The van der Waals surface area contributed by atoms with E-state index in [0.717, 1.165) is 34.3 Å². The second kappa shape index (κ2) is 26.3. The monoisotopic (exact) mass is 898 g/mol. The summed E-state index contributed by atoms with van der Waals surface area (Å²) in [5.74, 6) is 16.2. The summed E-state index contributed by atoms with van der Waals surface area (Å²) in [4.78, 5) is 52.2. The molecular formula is C54H48F2N6O5. The number of methoxy groups -OCH3 is 2. The zero-order chi connectivity index (χ0) is 47.8. The highest BCUT2D eigenvalue weighted by atomic mass is 19.1. The van der Waals surface area contributed by atoms with Crippen LogP contribution in [0.2, 0.25) is 0 Å². The molecule has 0 spiro atoms. The Balaban J connectivity index is 0.000000188. The van der Waals surface area contributed by atoms with Crippen molar-refractivity contribution in [2.75, 3.05) is 41.4 Å². The zero-order valence-corrected chi connectivity index (χ0v) is 37.6. The quantitative estimate of drug-likeness (QED) is 0.126. The predicted molar refractivity (Wildman–Crippen MR) is 255 cm³/mol. The fourth-order valence-electron chi connectivity index (χ4n) is 6.15. The second-order valence-corrected chi connectivity index (χ2v) is 14.3. The molecule has 0 unspecified atom stereocenters. The van der Waals surface area contributed by atoms with Gasteiger partial charge in [-0.25, -0.2) is 23.7 Å². The molecule has 67 heavy (non-hydrogen) atoms. The maximum absolute atomic E-state index is 13.5. The van der Waals surface area contributed by atoms with E-state index in [2.05, 4.69) is 50.5 Å². The number of hydrogen-bond acceptors (Lipinski definition) is 8. The highest BCUT2D eigenvalue weighted by molar-refractivity contribution is 5.99. The Morgan fingerprint density at radius 1 is 0.567 bits per heavy atom. The van der Waals surface area contributed by atoms with Crippen molar-refractivity contribution in [2.45, 2.75) is 25.8 Å². The minimum Gasteiger partial charge on any atom is -0.496 e. The van der Waals surface area contributed by atoms with E-state index < -0.39 is 23.1 Å². The minimum absolute atomic E-state index is 0.0349. The average molecular weight is 899 g/mol. The number of nitrogens with zero attached hydrogens (tertiary/aromatic N) is 6. The number of benzene rings is 3. The molecule has 338 valence electrons. The summed E-state index contributed by atoms with van der Waals surface area (Å²) in [5, 5.41) is 1.72. The molecule has 0 saturated heterocycles. The van der Waals surface area contributed by atoms with Crippen LogP contribution >= 0.6 is 0 Å². The molecule has 7 aromatic rings. The van der Waals surface area contributed by atoms with Gasteiger partial charge in [0.05, 0.1) is 14.2 Å². The second-order valence-electron chi connectivity index (χ2n) is 14.3. The first kappa shape index (κ1) is 49.4. The first-order valence-corrected chi connectivity index (χ1v) is 21.0. The molecule has 0 aliphatic heterocycles. The number of carbonyl (C=O) groups is 2. The molecule has 0 atom stereocenters. The van der Waals surface area contributed by atoms with Crippen LogP contribution in [0, 0.1) is 47.2 Å². The predicted octanol–water partition coefficient (Wildman–Crippen LogP) is 8.32. The standard InChI is InChI=1S/C19H20N2O3.C18H14N2O.C17H14F2N2O/c1-21(14-7-5-10-15-9-4-6-13-20-15)19(22)18-16(23-2)11-8-12-17(18)24-3;21-18-17-10-2-1-7-15(17)11-14-20(18)13-6-4-9-16-8-3-5-12-19-16;1-21(12-5-3-8-13-7-2-4-11-20-13)17(22)16-14(18)9-6-10-15(16)19/h4,6,8-9,11-13H,7,14H2,1-3H3;1-3,5,7-8,10-12,14H,6,13H2;2,4,6-7,9-11H,5,12H2,1H3. The fraction of sp³-hybridized carbons (Fsp3) is 0.185. The van der Waals surface area contributed by atoms with E-state index in [-0.39, 0.29) is 18.0 Å². The van der Waals surface area contributed by atoms with Crippen LogP contribution in [0.15, 0.2) is 151 Å². The Hall–Kier alpha value is -8.60. The number of aromatic nitrogens is 4. The van der Waals surface area contributed by atoms with Gasteiger partial charge in [0.15, 0.2) is 0 Å². The highest BCUT2D eigenvalue weighted by Gasteiger charge is 2.22. The minimum atomic E-state index is -0.864. The third kappa shape index (κ3) is 15.0. The van der Waals surface area contributed by atoms with Gasteiger partial charge in [0.25, 0.3) is 17.4 Å². The maximum Gasteiger partial charge on any atom is 0.261 e. The Morgan fingerprint density at radius 3 is 1.49 bits per heavy atom. The van der Waals surface area contributed by atoms with E-state index in [0.29, 0.717) is 55.1 Å². The van der Waals surface area contributed by atoms with Crippen molar-refractivity contribution < 1.29 is 27.8 Å². The summed E-state index contributed by atoms with van der Waals surface area (Å²) >= 11 is 0. The normalized spacial score (nSPS) is 9.82. The van der Waals surface area contributed by atoms with Crippen LogP contribution < -0.4 is 15.0 Å². The first-order valence-electron chi connectivity index (χ1n) is 21.0. The number of amides is 2. The molecule has 0 aliphatic rings. The van der Waals surface area contributed by atoms with Gasteiger partial charge in [-0.2, -0.15) is 0 Å². The third-order valence-electron chi connectivity index (χ3n) is 9.66. The molecule has 7 rings (SSSR count). The zero-order valence-electron chi connectivity index (χ0n) is 37.6. The van der Waals surface area contributed by atoms with E-state index in [1.54, 1.807) is 65.4 Å². The SMILES string of the molecule is CN(CCC#Cc1ccccn1)C(=O)c1c(F)cccc1F.COc1cccc(OC)c1C(=O)N(C)CCC#Cc1ccccn1.O=c1c2ccccc2ccn1CCC#Cc1ccccn1. The molecule has 0 fully saturated rings. The number of aryl methyl sites for hydroxylation is 1. The van der Waals surface area contributed by atoms with Crippen molar-refractivity contribution in [3.63, 3.8) is 0 Å². The van der Waals surface area contributed by atoms with E-state index in [9.17, 15) is 23.2 Å². The molecule has 4 aromatic heterocycles. The number of ether oxygens (including phenoxy) is 2. The van der Waals surface area contributed by atoms with Gasteiger partial charge in [0.1, 0.15) is 51.3 Å². The van der Waals surface area contributed by atoms with Crippen molar-refractivity contribution in [1.82, 2.24) is 29.3 Å². The van der Waals surface area contributed by atoms with Crippen LogP contribution in [0.1, 0.15) is 57.1 Å². The van der Waals surface area contributed by atoms with E-state index >= 15 is 0 Å². The lowest BCUT2D eigenvalue weighted by Crippen LogP contribution is -2.29. The van der Waals surface area contributed by atoms with Crippen molar-refractivity contribution in [1.29, 1.82) is 0 Å². The van der Waals surface area contributed by atoms with Crippen LogP contribution in [0.3, 0.4) is 0 Å². The lowest BCUT2D eigenvalue weighted by Gasteiger charge is -2.19. The van der Waals surface area contributed by atoms with Crippen LogP contribution in [0.25, 0.3) is 10.8 Å². The third-order valence-corrected chi connectivity index (χ3v) is 9.66. The van der Waals surface area contributed by atoms with E-state index in [1.807, 2.05) is 79.0 Å². The number of halogens is 2. The molecule has 0 radical (unpaired) electrons. The van der Waals surface area contributed by atoms with Crippen LogP contribution in [0.5, 0.6) is 11.5 Å². The van der Waals surface area contributed by atoms with Crippen LogP contribution in [-0.4, -0.2) is 82.5 Å². The van der Waals surface area contributed by atoms with Crippen LogP contribution in [0.4, 0.5) is 8.78 Å². The Labute approximate surface area is 389 Å². The van der Waals surface area contributed by atoms with Gasteiger partial charge in [-0.3, -0.25) is 14.4 Å². The number of rotatable bonds is 10. The Kier molecular flexibility index (Phi) is 19.4. The molecule has 0 saturated carbocycles. The van der Waals surface area contributed by atoms with Gasteiger partial charge in [0, 0.05) is 83.2 Å². The maximum atomic E-state index is 13.5. The van der Waals surface area contributed by atoms with Gasteiger partial charge in [-0.05, 0) is 95.9 Å². The van der Waals surface area contributed by atoms with Gasteiger partial charge >= 0.3 is 0 Å².